The van der Waals surface area contributed by atoms with E-state index in [4.69, 9.17) is 14.5 Å². The fraction of sp³-hybridized carbons (Fsp3) is 0.231. The molecule has 2 N–H and O–H groups in total. The van der Waals surface area contributed by atoms with E-state index < -0.39 is 6.10 Å². The smallest absolute Gasteiger partial charge is 0.274 e. The third-order valence-electron chi connectivity index (χ3n) is 6.12. The molecule has 1 amide bonds. The molecule has 11 heteroatoms. The van der Waals surface area contributed by atoms with E-state index in [0.717, 1.165) is 11.1 Å². The van der Waals surface area contributed by atoms with Crippen molar-refractivity contribution in [3.05, 3.63) is 70.0 Å². The van der Waals surface area contributed by atoms with Crippen LogP contribution in [0.25, 0.3) is 16.9 Å². The van der Waals surface area contributed by atoms with Crippen LogP contribution in [0, 0.1) is 11.3 Å². The number of benzene rings is 2. The number of amides is 1. The molecule has 0 unspecified atom stereocenters. The van der Waals surface area contributed by atoms with Crippen LogP contribution in [0.1, 0.15) is 21.6 Å². The van der Waals surface area contributed by atoms with Gasteiger partial charge in [0.25, 0.3) is 5.91 Å². The lowest BCUT2D eigenvalue weighted by atomic mass is 10.1. The van der Waals surface area contributed by atoms with E-state index >= 15 is 0 Å². The van der Waals surface area contributed by atoms with Crippen LogP contribution in [0.3, 0.4) is 0 Å². The van der Waals surface area contributed by atoms with Gasteiger partial charge in [-0.15, -0.1) is 0 Å². The first-order valence-electron chi connectivity index (χ1n) is 11.4. The predicted molar refractivity (Wildman–Crippen MR) is 140 cm³/mol. The van der Waals surface area contributed by atoms with Crippen molar-refractivity contribution in [2.75, 3.05) is 32.6 Å². The maximum absolute atomic E-state index is 12.9. The summed E-state index contributed by atoms with van der Waals surface area (Å²) in [4.78, 5) is 23.9. The highest BCUT2D eigenvalue weighted by Gasteiger charge is 2.31. The average Bonchev–Trinajstić information content (AvgIpc) is 3.37. The molecule has 0 atom stereocenters. The molecule has 3 heterocycles. The SMILES string of the molecule is COc1ccc(CNc2nc(-c3cccc(C#N)c3)c(Br)c3nc(C(=O)N4CC(O)C4)cn23)c(OC)c1. The van der Waals surface area contributed by atoms with Crippen LogP contribution in [-0.4, -0.2) is 63.7 Å². The van der Waals surface area contributed by atoms with Gasteiger partial charge in [0.05, 0.1) is 42.1 Å². The van der Waals surface area contributed by atoms with Crippen LogP contribution in [-0.2, 0) is 6.54 Å². The second kappa shape index (κ2) is 10.1. The Morgan fingerprint density at radius 1 is 1.22 bits per heavy atom. The number of hydrogen-bond donors (Lipinski definition) is 2. The van der Waals surface area contributed by atoms with E-state index in [2.05, 4.69) is 32.3 Å². The van der Waals surface area contributed by atoms with E-state index in [1.807, 2.05) is 18.2 Å². The van der Waals surface area contributed by atoms with Gasteiger partial charge in [0.1, 0.15) is 17.2 Å². The average molecular weight is 563 g/mol. The summed E-state index contributed by atoms with van der Waals surface area (Å²) in [5.74, 6) is 1.51. The maximum atomic E-state index is 12.9. The number of aromatic nitrogens is 3. The first-order chi connectivity index (χ1) is 17.9. The number of aliphatic hydroxyl groups excluding tert-OH is 1. The zero-order valence-electron chi connectivity index (χ0n) is 20.1. The van der Waals surface area contributed by atoms with Crippen molar-refractivity contribution >= 4 is 33.4 Å². The van der Waals surface area contributed by atoms with Crippen LogP contribution in [0.2, 0.25) is 0 Å². The monoisotopic (exact) mass is 562 g/mol. The van der Waals surface area contributed by atoms with Gasteiger partial charge in [-0.1, -0.05) is 12.1 Å². The molecule has 1 aliphatic rings. The summed E-state index contributed by atoms with van der Waals surface area (Å²) in [6, 6.07) is 14.8. The molecule has 0 aliphatic carbocycles. The third kappa shape index (κ3) is 4.69. The molecule has 0 spiro atoms. The van der Waals surface area contributed by atoms with E-state index in [1.165, 1.54) is 0 Å². The van der Waals surface area contributed by atoms with Gasteiger partial charge in [-0.05, 0) is 40.2 Å². The van der Waals surface area contributed by atoms with Crippen molar-refractivity contribution in [1.82, 2.24) is 19.3 Å². The molecule has 5 rings (SSSR count). The molecule has 10 nitrogen and oxygen atoms in total. The molecular weight excluding hydrogens is 540 g/mol. The minimum atomic E-state index is -0.509. The molecule has 37 heavy (non-hydrogen) atoms. The Morgan fingerprint density at radius 3 is 2.73 bits per heavy atom. The number of carbonyl (C=O) groups excluding carboxylic acids is 1. The Bertz CT molecular complexity index is 1540. The van der Waals surface area contributed by atoms with Crippen molar-refractivity contribution < 1.29 is 19.4 Å². The molecule has 4 aromatic rings. The summed E-state index contributed by atoms with van der Waals surface area (Å²) in [7, 11) is 3.19. The molecule has 188 valence electrons. The van der Waals surface area contributed by atoms with Crippen molar-refractivity contribution in [2.24, 2.45) is 0 Å². The summed E-state index contributed by atoms with van der Waals surface area (Å²) < 4.78 is 13.1. The zero-order chi connectivity index (χ0) is 26.1. The number of rotatable bonds is 7. The molecule has 0 bridgehead atoms. The number of nitrogens with one attached hydrogen (secondary N) is 1. The van der Waals surface area contributed by atoms with Crippen LogP contribution in [0.4, 0.5) is 5.95 Å². The van der Waals surface area contributed by atoms with Gasteiger partial charge in [0, 0.05) is 43.0 Å². The molecule has 1 saturated heterocycles. The Balaban J connectivity index is 1.58. The van der Waals surface area contributed by atoms with Crippen LogP contribution < -0.4 is 14.8 Å². The number of ether oxygens (including phenoxy) is 2. The largest absolute Gasteiger partial charge is 0.497 e. The molecule has 0 saturated carbocycles. The van der Waals surface area contributed by atoms with Gasteiger partial charge in [-0.3, -0.25) is 9.20 Å². The van der Waals surface area contributed by atoms with Gasteiger partial charge >= 0.3 is 0 Å². The van der Waals surface area contributed by atoms with Gasteiger partial charge in [0.2, 0.25) is 5.95 Å². The molecule has 0 radical (unpaired) electrons. The first kappa shape index (κ1) is 24.5. The number of nitrogens with zero attached hydrogens (tertiary/aromatic N) is 5. The number of anilines is 1. The number of nitriles is 1. The number of methoxy groups -OCH3 is 2. The fourth-order valence-electron chi connectivity index (χ4n) is 4.12. The highest BCUT2D eigenvalue weighted by atomic mass is 79.9. The lowest BCUT2D eigenvalue weighted by Gasteiger charge is -2.35. The number of aliphatic hydroxyl groups is 1. The zero-order valence-corrected chi connectivity index (χ0v) is 21.7. The summed E-state index contributed by atoms with van der Waals surface area (Å²) in [6.45, 7) is 0.926. The molecular formula is C26H23BrN6O4. The molecule has 1 fully saturated rings. The summed E-state index contributed by atoms with van der Waals surface area (Å²) in [6.07, 6.45) is 1.12. The van der Waals surface area contributed by atoms with E-state index in [1.54, 1.807) is 54.0 Å². The van der Waals surface area contributed by atoms with Gasteiger partial charge in [-0.25, -0.2) is 9.97 Å². The maximum Gasteiger partial charge on any atom is 0.274 e. The topological polar surface area (TPSA) is 125 Å². The highest BCUT2D eigenvalue weighted by molar-refractivity contribution is 9.10. The number of carbonyl (C=O) groups is 1. The number of fused-ring (bicyclic) bond motifs is 1. The van der Waals surface area contributed by atoms with Gasteiger partial charge in [0.15, 0.2) is 5.65 Å². The fourth-order valence-corrected chi connectivity index (χ4v) is 4.72. The van der Waals surface area contributed by atoms with Gasteiger partial charge < -0.3 is 24.8 Å². The van der Waals surface area contributed by atoms with E-state index in [-0.39, 0.29) is 24.7 Å². The van der Waals surface area contributed by atoms with Crippen LogP contribution in [0.5, 0.6) is 11.5 Å². The third-order valence-corrected chi connectivity index (χ3v) is 6.85. The number of hydrogen-bond acceptors (Lipinski definition) is 8. The van der Waals surface area contributed by atoms with E-state index in [9.17, 15) is 15.2 Å². The first-order valence-corrected chi connectivity index (χ1v) is 12.2. The van der Waals surface area contributed by atoms with Crippen LogP contribution in [0.15, 0.2) is 53.1 Å². The summed E-state index contributed by atoms with van der Waals surface area (Å²) in [5, 5.41) is 22.3. The Hall–Kier alpha value is -4.14. The quantitative estimate of drug-likeness (QED) is 0.350. The lowest BCUT2D eigenvalue weighted by Crippen LogP contribution is -2.53. The van der Waals surface area contributed by atoms with Gasteiger partial charge in [-0.2, -0.15) is 5.26 Å². The number of β-amino-alcohol motifs (C(OH)–C–C–N with tert-alkyl or cyclic N) is 1. The number of halogens is 1. The van der Waals surface area contributed by atoms with Crippen molar-refractivity contribution in [2.45, 2.75) is 12.6 Å². The summed E-state index contributed by atoms with van der Waals surface area (Å²) in [5.41, 5.74) is 3.39. The molecule has 2 aromatic carbocycles. The van der Waals surface area contributed by atoms with Crippen molar-refractivity contribution in [3.8, 4) is 28.8 Å². The minimum absolute atomic E-state index is 0.238. The number of likely N-dealkylation sites (tertiary alicyclic amines) is 1. The molecule has 2 aromatic heterocycles. The normalized spacial score (nSPS) is 13.2. The number of imidazole rings is 1. The second-order valence-electron chi connectivity index (χ2n) is 8.51. The minimum Gasteiger partial charge on any atom is -0.497 e. The molecule has 1 aliphatic heterocycles. The standard InChI is InChI=1S/C26H23BrN6O4/c1-36-19-7-6-17(21(9-19)37-2)11-29-26-31-23(16-5-3-4-15(8-16)10-28)22(27)24-30-20(14-33(24)26)25(35)32-12-18(34)13-32/h3-9,14,18,34H,11-13H2,1-2H3,(H,29,31). The Morgan fingerprint density at radius 2 is 2.03 bits per heavy atom. The predicted octanol–water partition coefficient (Wildman–Crippen LogP) is 3.48. The second-order valence-corrected chi connectivity index (χ2v) is 9.30. The van der Waals surface area contributed by atoms with E-state index in [0.29, 0.717) is 45.4 Å². The summed E-state index contributed by atoms with van der Waals surface area (Å²) >= 11 is 3.62. The highest BCUT2D eigenvalue weighted by Crippen LogP contribution is 2.33. The van der Waals surface area contributed by atoms with Crippen molar-refractivity contribution in [1.29, 1.82) is 5.26 Å². The Labute approximate surface area is 221 Å². The lowest BCUT2D eigenvalue weighted by molar-refractivity contribution is 0.00555. The Kier molecular flexibility index (Phi) is 6.69. The van der Waals surface area contributed by atoms with Crippen molar-refractivity contribution in [3.63, 3.8) is 0 Å². The van der Waals surface area contributed by atoms with Crippen LogP contribution >= 0.6 is 15.9 Å².